The van der Waals surface area contributed by atoms with E-state index in [1.807, 2.05) is 0 Å². The van der Waals surface area contributed by atoms with Crippen molar-refractivity contribution in [2.75, 3.05) is 13.1 Å². The van der Waals surface area contributed by atoms with Gasteiger partial charge in [0.15, 0.2) is 0 Å². The number of benzene rings is 1. The third-order valence-electron chi connectivity index (χ3n) is 6.22. The molecule has 0 atom stereocenters. The number of hydrogen-bond donors (Lipinski definition) is 0. The zero-order valence-corrected chi connectivity index (χ0v) is 19.3. The molecule has 29 heavy (non-hydrogen) atoms. The molecule has 0 saturated heterocycles. The van der Waals surface area contributed by atoms with Gasteiger partial charge in [0.25, 0.3) is 0 Å². The normalized spacial score (nSPS) is 14.3. The quantitative estimate of drug-likeness (QED) is 0.244. The van der Waals surface area contributed by atoms with E-state index < -0.39 is 0 Å². The first-order chi connectivity index (χ1) is 14.4. The Morgan fingerprint density at radius 3 is 1.41 bits per heavy atom. The first-order valence-electron chi connectivity index (χ1n) is 12.6. The van der Waals surface area contributed by atoms with Gasteiger partial charge in [0, 0.05) is 25.5 Å². The summed E-state index contributed by atoms with van der Waals surface area (Å²) in [6.45, 7) is 6.94. The molecule has 164 valence electrons. The standard InChI is InChI=1S/C27H46N2/c1-3-5-7-9-11-13-18-22-28-24-25-29(23-19-14-12-10-8-6-4-2)27(28)26-20-16-15-17-21-26/h15-17,20-21,24-25,27H,3-14,18-19,22-23H2,1-2H3. The van der Waals surface area contributed by atoms with Crippen LogP contribution in [0.15, 0.2) is 42.7 Å². The van der Waals surface area contributed by atoms with Gasteiger partial charge >= 0.3 is 0 Å². The largest absolute Gasteiger partial charge is 0.352 e. The van der Waals surface area contributed by atoms with Gasteiger partial charge in [-0.3, -0.25) is 0 Å². The van der Waals surface area contributed by atoms with E-state index in [0.717, 1.165) is 0 Å². The molecule has 0 fully saturated rings. The lowest BCUT2D eigenvalue weighted by molar-refractivity contribution is 0.149. The zero-order chi connectivity index (χ0) is 20.6. The molecule has 1 aliphatic heterocycles. The van der Waals surface area contributed by atoms with Crippen LogP contribution in [0.3, 0.4) is 0 Å². The highest BCUT2D eigenvalue weighted by molar-refractivity contribution is 5.21. The second-order valence-corrected chi connectivity index (χ2v) is 8.80. The van der Waals surface area contributed by atoms with E-state index in [0.29, 0.717) is 6.17 Å². The number of rotatable bonds is 17. The maximum Gasteiger partial charge on any atom is 0.127 e. The van der Waals surface area contributed by atoms with Crippen LogP contribution in [-0.4, -0.2) is 22.9 Å². The van der Waals surface area contributed by atoms with E-state index in [9.17, 15) is 0 Å². The summed E-state index contributed by atoms with van der Waals surface area (Å²) in [4.78, 5) is 5.14. The van der Waals surface area contributed by atoms with Crippen LogP contribution in [0.5, 0.6) is 0 Å². The van der Waals surface area contributed by atoms with Gasteiger partial charge in [-0.15, -0.1) is 0 Å². The van der Waals surface area contributed by atoms with Gasteiger partial charge < -0.3 is 9.80 Å². The van der Waals surface area contributed by atoms with Gasteiger partial charge in [-0.1, -0.05) is 121 Å². The van der Waals surface area contributed by atoms with Crippen molar-refractivity contribution in [1.29, 1.82) is 0 Å². The van der Waals surface area contributed by atoms with Crippen LogP contribution >= 0.6 is 0 Å². The number of unbranched alkanes of at least 4 members (excludes halogenated alkanes) is 12. The topological polar surface area (TPSA) is 6.48 Å². The van der Waals surface area contributed by atoms with Crippen molar-refractivity contribution in [3.63, 3.8) is 0 Å². The Morgan fingerprint density at radius 1 is 0.552 bits per heavy atom. The van der Waals surface area contributed by atoms with Crippen LogP contribution in [0, 0.1) is 0 Å². The molecule has 0 saturated carbocycles. The summed E-state index contributed by atoms with van der Waals surface area (Å²) in [6, 6.07) is 11.1. The van der Waals surface area contributed by atoms with E-state index in [2.05, 4.69) is 66.4 Å². The maximum absolute atomic E-state index is 2.57. The minimum Gasteiger partial charge on any atom is -0.352 e. The van der Waals surface area contributed by atoms with E-state index in [4.69, 9.17) is 0 Å². The molecule has 2 rings (SSSR count). The van der Waals surface area contributed by atoms with Gasteiger partial charge in [0.05, 0.1) is 0 Å². The summed E-state index contributed by atoms with van der Waals surface area (Å²) in [5.41, 5.74) is 1.43. The van der Waals surface area contributed by atoms with Crippen LogP contribution in [0.2, 0.25) is 0 Å². The summed E-state index contributed by atoms with van der Waals surface area (Å²) in [6.07, 6.45) is 24.4. The predicted molar refractivity (Wildman–Crippen MR) is 128 cm³/mol. The average molecular weight is 399 g/mol. The minimum absolute atomic E-state index is 0.399. The molecule has 1 heterocycles. The second kappa shape index (κ2) is 15.4. The van der Waals surface area contributed by atoms with Gasteiger partial charge in [-0.2, -0.15) is 0 Å². The van der Waals surface area contributed by atoms with Crippen molar-refractivity contribution in [2.45, 2.75) is 110 Å². The Balaban J connectivity index is 1.75. The van der Waals surface area contributed by atoms with Crippen LogP contribution in [0.1, 0.15) is 115 Å². The monoisotopic (exact) mass is 398 g/mol. The molecule has 0 aromatic heterocycles. The summed E-state index contributed by atoms with van der Waals surface area (Å²) < 4.78 is 0. The van der Waals surface area contributed by atoms with Gasteiger partial charge in [0.2, 0.25) is 0 Å². The lowest BCUT2D eigenvalue weighted by atomic mass is 10.1. The van der Waals surface area contributed by atoms with Gasteiger partial charge in [0.1, 0.15) is 6.17 Å². The molecule has 0 N–H and O–H groups in total. The highest BCUT2D eigenvalue weighted by Gasteiger charge is 2.26. The molecule has 0 amide bonds. The van der Waals surface area contributed by atoms with E-state index in [1.54, 1.807) is 0 Å². The fourth-order valence-electron chi connectivity index (χ4n) is 4.43. The molecule has 0 aliphatic carbocycles. The Labute approximate surface area is 181 Å². The highest BCUT2D eigenvalue weighted by atomic mass is 15.4. The Morgan fingerprint density at radius 2 is 0.966 bits per heavy atom. The predicted octanol–water partition coefficient (Wildman–Crippen LogP) is 8.28. The molecule has 1 aliphatic rings. The Kier molecular flexibility index (Phi) is 12.7. The first-order valence-corrected chi connectivity index (χ1v) is 12.6. The number of hydrogen-bond acceptors (Lipinski definition) is 2. The van der Waals surface area contributed by atoms with Gasteiger partial charge in [-0.25, -0.2) is 0 Å². The van der Waals surface area contributed by atoms with E-state index in [-0.39, 0.29) is 0 Å². The highest BCUT2D eigenvalue weighted by Crippen LogP contribution is 2.31. The van der Waals surface area contributed by atoms with Crippen LogP contribution in [-0.2, 0) is 0 Å². The van der Waals surface area contributed by atoms with Crippen molar-refractivity contribution in [3.05, 3.63) is 48.3 Å². The van der Waals surface area contributed by atoms with Crippen LogP contribution in [0.25, 0.3) is 0 Å². The van der Waals surface area contributed by atoms with Crippen molar-refractivity contribution in [1.82, 2.24) is 9.80 Å². The average Bonchev–Trinajstić information content (AvgIpc) is 3.15. The maximum atomic E-state index is 2.57. The summed E-state index contributed by atoms with van der Waals surface area (Å²) in [5, 5.41) is 0. The third-order valence-corrected chi connectivity index (χ3v) is 6.22. The van der Waals surface area contributed by atoms with Crippen LogP contribution < -0.4 is 0 Å². The molecule has 0 spiro atoms. The van der Waals surface area contributed by atoms with Crippen LogP contribution in [0.4, 0.5) is 0 Å². The first kappa shape index (κ1) is 23.8. The molecule has 0 unspecified atom stereocenters. The smallest absolute Gasteiger partial charge is 0.127 e. The molecule has 0 radical (unpaired) electrons. The molecule has 0 bridgehead atoms. The van der Waals surface area contributed by atoms with Gasteiger partial charge in [-0.05, 0) is 18.4 Å². The molecular weight excluding hydrogens is 352 g/mol. The molecule has 1 aromatic carbocycles. The number of nitrogens with zero attached hydrogens (tertiary/aromatic N) is 2. The molecular formula is C27H46N2. The minimum atomic E-state index is 0.399. The fourth-order valence-corrected chi connectivity index (χ4v) is 4.43. The lowest BCUT2D eigenvalue weighted by Gasteiger charge is -2.33. The van der Waals surface area contributed by atoms with Crippen molar-refractivity contribution >= 4 is 0 Å². The van der Waals surface area contributed by atoms with E-state index >= 15 is 0 Å². The fraction of sp³-hybridized carbons (Fsp3) is 0.704. The molecule has 1 aromatic rings. The van der Waals surface area contributed by atoms with Crippen molar-refractivity contribution in [2.24, 2.45) is 0 Å². The lowest BCUT2D eigenvalue weighted by Crippen LogP contribution is -2.32. The SMILES string of the molecule is CCCCCCCCCN1C=CN(CCCCCCCCC)C1c1ccccc1. The van der Waals surface area contributed by atoms with E-state index in [1.165, 1.54) is 109 Å². The van der Waals surface area contributed by atoms with Crippen molar-refractivity contribution < 1.29 is 0 Å². The Bertz CT molecular complexity index is 497. The summed E-state index contributed by atoms with van der Waals surface area (Å²) in [5.74, 6) is 0. The second-order valence-electron chi connectivity index (χ2n) is 8.80. The Hall–Kier alpha value is -1.44. The third kappa shape index (κ3) is 9.28. The summed E-state index contributed by atoms with van der Waals surface area (Å²) in [7, 11) is 0. The zero-order valence-electron chi connectivity index (χ0n) is 19.3. The molecule has 2 heteroatoms. The molecule has 2 nitrogen and oxygen atoms in total. The summed E-state index contributed by atoms with van der Waals surface area (Å²) >= 11 is 0. The van der Waals surface area contributed by atoms with Crippen molar-refractivity contribution in [3.8, 4) is 0 Å².